The van der Waals surface area contributed by atoms with Crippen LogP contribution in [0.4, 0.5) is 0 Å². The minimum Gasteiger partial charge on any atom is -0.317 e. The van der Waals surface area contributed by atoms with Crippen LogP contribution >= 0.6 is 0 Å². The first kappa shape index (κ1) is 16.3. The molecule has 0 aromatic heterocycles. The molecule has 2 N–H and O–H groups in total. The van der Waals surface area contributed by atoms with Gasteiger partial charge < -0.3 is 10.6 Å². The summed E-state index contributed by atoms with van der Waals surface area (Å²) < 4.78 is 0. The maximum absolute atomic E-state index is 3.91. The van der Waals surface area contributed by atoms with Gasteiger partial charge in [0, 0.05) is 13.1 Å². The minimum atomic E-state index is 0.572. The van der Waals surface area contributed by atoms with E-state index in [2.05, 4.69) is 31.4 Å². The third-order valence-corrected chi connectivity index (χ3v) is 5.92. The lowest BCUT2D eigenvalue weighted by Gasteiger charge is -2.39. The summed E-state index contributed by atoms with van der Waals surface area (Å²) in [5.74, 6) is 0.842. The molecule has 1 aliphatic carbocycles. The van der Waals surface area contributed by atoms with Gasteiger partial charge in [0.15, 0.2) is 0 Å². The van der Waals surface area contributed by atoms with E-state index in [1.54, 1.807) is 0 Å². The van der Waals surface area contributed by atoms with Gasteiger partial charge in [0.1, 0.15) is 0 Å². The first-order chi connectivity index (χ1) is 9.60. The molecule has 1 saturated heterocycles. The molecule has 2 heteroatoms. The standard InChI is InChI=1S/C18H36N2/c1-4-17(9-11-19-12-10-17)14-20-15-18(13-16(2)3)7-5-6-8-18/h16,19-20H,4-15H2,1-3H3. The lowest BCUT2D eigenvalue weighted by atomic mass is 9.75. The highest BCUT2D eigenvalue weighted by Gasteiger charge is 2.35. The molecule has 0 bridgehead atoms. The van der Waals surface area contributed by atoms with Crippen molar-refractivity contribution in [3.63, 3.8) is 0 Å². The van der Waals surface area contributed by atoms with Crippen LogP contribution < -0.4 is 10.6 Å². The molecule has 0 atom stereocenters. The second kappa shape index (κ2) is 7.26. The van der Waals surface area contributed by atoms with E-state index in [0.717, 1.165) is 5.92 Å². The fourth-order valence-electron chi connectivity index (χ4n) is 4.65. The molecular formula is C18H36N2. The van der Waals surface area contributed by atoms with Crippen molar-refractivity contribution in [1.82, 2.24) is 10.6 Å². The number of hydrogen-bond acceptors (Lipinski definition) is 2. The molecule has 1 heterocycles. The maximum Gasteiger partial charge on any atom is 0.000889 e. The normalized spacial score (nSPS) is 25.2. The molecule has 2 rings (SSSR count). The van der Waals surface area contributed by atoms with Gasteiger partial charge in [0.2, 0.25) is 0 Å². The molecule has 1 saturated carbocycles. The molecule has 0 spiro atoms. The maximum atomic E-state index is 3.91. The Morgan fingerprint density at radius 1 is 0.950 bits per heavy atom. The Labute approximate surface area is 126 Å². The SMILES string of the molecule is CCC1(CNCC2(CC(C)C)CCCC2)CCNCC1. The molecule has 118 valence electrons. The summed E-state index contributed by atoms with van der Waals surface area (Å²) in [4.78, 5) is 0. The van der Waals surface area contributed by atoms with E-state index in [1.807, 2.05) is 0 Å². The topological polar surface area (TPSA) is 24.1 Å². The number of hydrogen-bond donors (Lipinski definition) is 2. The smallest absolute Gasteiger partial charge is 0.000889 e. The summed E-state index contributed by atoms with van der Waals surface area (Å²) in [5, 5.41) is 7.42. The second-order valence-corrected chi connectivity index (χ2v) is 8.01. The molecule has 1 aliphatic heterocycles. The summed E-state index contributed by atoms with van der Waals surface area (Å²) in [7, 11) is 0. The van der Waals surface area contributed by atoms with Crippen LogP contribution in [0.25, 0.3) is 0 Å². The van der Waals surface area contributed by atoms with Crippen molar-refractivity contribution in [2.24, 2.45) is 16.7 Å². The average Bonchev–Trinajstić information content (AvgIpc) is 2.87. The van der Waals surface area contributed by atoms with Crippen molar-refractivity contribution in [3.8, 4) is 0 Å². The molecule has 2 fully saturated rings. The zero-order valence-corrected chi connectivity index (χ0v) is 14.1. The van der Waals surface area contributed by atoms with Crippen molar-refractivity contribution < 1.29 is 0 Å². The van der Waals surface area contributed by atoms with Crippen molar-refractivity contribution >= 4 is 0 Å². The molecule has 0 aromatic rings. The molecule has 2 aliphatic rings. The summed E-state index contributed by atoms with van der Waals surface area (Å²) in [6.45, 7) is 12.1. The van der Waals surface area contributed by atoms with Crippen LogP contribution in [0.1, 0.15) is 72.1 Å². The van der Waals surface area contributed by atoms with E-state index in [4.69, 9.17) is 0 Å². The minimum absolute atomic E-state index is 0.572. The van der Waals surface area contributed by atoms with Gasteiger partial charge in [-0.2, -0.15) is 0 Å². The quantitative estimate of drug-likeness (QED) is 0.737. The van der Waals surface area contributed by atoms with E-state index >= 15 is 0 Å². The van der Waals surface area contributed by atoms with Gasteiger partial charge in [0.05, 0.1) is 0 Å². The van der Waals surface area contributed by atoms with Crippen LogP contribution in [-0.4, -0.2) is 26.2 Å². The van der Waals surface area contributed by atoms with Gasteiger partial charge in [-0.25, -0.2) is 0 Å². The average molecular weight is 280 g/mol. The Morgan fingerprint density at radius 3 is 2.10 bits per heavy atom. The van der Waals surface area contributed by atoms with Crippen molar-refractivity contribution in [2.75, 3.05) is 26.2 Å². The molecule has 0 radical (unpaired) electrons. The van der Waals surface area contributed by atoms with Gasteiger partial charge in [-0.3, -0.25) is 0 Å². The van der Waals surface area contributed by atoms with E-state index < -0.39 is 0 Å². The Morgan fingerprint density at radius 2 is 1.55 bits per heavy atom. The van der Waals surface area contributed by atoms with Crippen LogP contribution in [0.5, 0.6) is 0 Å². The zero-order valence-electron chi connectivity index (χ0n) is 14.1. The van der Waals surface area contributed by atoms with Crippen LogP contribution in [-0.2, 0) is 0 Å². The Balaban J connectivity index is 1.83. The van der Waals surface area contributed by atoms with Gasteiger partial charge in [-0.05, 0) is 68.4 Å². The number of rotatable bonds is 7. The first-order valence-corrected chi connectivity index (χ1v) is 9.01. The zero-order chi connectivity index (χ0) is 14.5. The summed E-state index contributed by atoms with van der Waals surface area (Å²) in [5.41, 5.74) is 1.19. The highest BCUT2D eigenvalue weighted by atomic mass is 14.9. The molecule has 20 heavy (non-hydrogen) atoms. The summed E-state index contributed by atoms with van der Waals surface area (Å²) in [6.07, 6.45) is 11.3. The third kappa shape index (κ3) is 4.21. The number of piperidine rings is 1. The highest BCUT2D eigenvalue weighted by molar-refractivity contribution is 4.90. The van der Waals surface area contributed by atoms with Gasteiger partial charge in [0.25, 0.3) is 0 Å². The molecule has 2 nitrogen and oxygen atoms in total. The van der Waals surface area contributed by atoms with Crippen molar-refractivity contribution in [3.05, 3.63) is 0 Å². The van der Waals surface area contributed by atoms with Gasteiger partial charge in [-0.1, -0.05) is 33.6 Å². The van der Waals surface area contributed by atoms with Crippen LogP contribution in [0, 0.1) is 16.7 Å². The van der Waals surface area contributed by atoms with E-state index in [9.17, 15) is 0 Å². The lowest BCUT2D eigenvalue weighted by Crippen LogP contribution is -2.45. The predicted octanol–water partition coefficient (Wildman–Crippen LogP) is 3.96. The fraction of sp³-hybridized carbons (Fsp3) is 1.00. The van der Waals surface area contributed by atoms with Crippen LogP contribution in [0.2, 0.25) is 0 Å². The van der Waals surface area contributed by atoms with E-state index in [1.165, 1.54) is 77.5 Å². The Kier molecular flexibility index (Phi) is 5.92. The second-order valence-electron chi connectivity index (χ2n) is 8.01. The Hall–Kier alpha value is -0.0800. The number of nitrogens with one attached hydrogen (secondary N) is 2. The van der Waals surface area contributed by atoms with Crippen molar-refractivity contribution in [1.29, 1.82) is 0 Å². The van der Waals surface area contributed by atoms with Gasteiger partial charge >= 0.3 is 0 Å². The van der Waals surface area contributed by atoms with E-state index in [-0.39, 0.29) is 0 Å². The molecule has 0 amide bonds. The third-order valence-electron chi connectivity index (χ3n) is 5.92. The van der Waals surface area contributed by atoms with Gasteiger partial charge in [-0.15, -0.1) is 0 Å². The molecular weight excluding hydrogens is 244 g/mol. The van der Waals surface area contributed by atoms with Crippen molar-refractivity contribution in [2.45, 2.75) is 72.1 Å². The highest BCUT2D eigenvalue weighted by Crippen LogP contribution is 2.43. The fourth-order valence-corrected chi connectivity index (χ4v) is 4.65. The monoisotopic (exact) mass is 280 g/mol. The molecule has 0 aromatic carbocycles. The predicted molar refractivity (Wildman–Crippen MR) is 88.1 cm³/mol. The first-order valence-electron chi connectivity index (χ1n) is 9.01. The summed E-state index contributed by atoms with van der Waals surface area (Å²) in [6, 6.07) is 0. The Bertz CT molecular complexity index is 273. The van der Waals surface area contributed by atoms with E-state index in [0.29, 0.717) is 10.8 Å². The van der Waals surface area contributed by atoms with Crippen LogP contribution in [0.3, 0.4) is 0 Å². The largest absolute Gasteiger partial charge is 0.317 e. The summed E-state index contributed by atoms with van der Waals surface area (Å²) >= 11 is 0. The lowest BCUT2D eigenvalue weighted by molar-refractivity contribution is 0.162. The van der Waals surface area contributed by atoms with Crippen LogP contribution in [0.15, 0.2) is 0 Å². The molecule has 0 unspecified atom stereocenters.